The maximum atomic E-state index is 14.2. The number of nitrogens with one attached hydrogen (secondary N) is 1. The summed E-state index contributed by atoms with van der Waals surface area (Å²) in [7, 11) is 0. The summed E-state index contributed by atoms with van der Waals surface area (Å²) in [6, 6.07) is 9.88. The van der Waals surface area contributed by atoms with Crippen molar-refractivity contribution >= 4 is 5.91 Å². The summed E-state index contributed by atoms with van der Waals surface area (Å²) in [6.07, 6.45) is 0. The van der Waals surface area contributed by atoms with Gasteiger partial charge in [0.1, 0.15) is 11.3 Å². The van der Waals surface area contributed by atoms with Crippen LogP contribution in [0.5, 0.6) is 5.75 Å². The van der Waals surface area contributed by atoms with Gasteiger partial charge in [0.15, 0.2) is 23.3 Å². The molecule has 1 heterocycles. The van der Waals surface area contributed by atoms with Crippen molar-refractivity contribution in [3.63, 3.8) is 0 Å². The number of phenolic OH excluding ortho intramolecular Hbond substituents is 1. The van der Waals surface area contributed by atoms with Gasteiger partial charge in [-0.3, -0.25) is 4.79 Å². The van der Waals surface area contributed by atoms with Crippen molar-refractivity contribution in [1.82, 2.24) is 10.3 Å². The number of nitrogens with zero attached hydrogens (tertiary/aromatic N) is 1. The van der Waals surface area contributed by atoms with E-state index in [0.29, 0.717) is 16.8 Å². The number of hydrogen-bond donors (Lipinski definition) is 2. The fourth-order valence-corrected chi connectivity index (χ4v) is 3.59. The first kappa shape index (κ1) is 34.8. The van der Waals surface area contributed by atoms with Gasteiger partial charge in [-0.1, -0.05) is 39.0 Å². The molecule has 4 nitrogen and oxygen atoms in total. The van der Waals surface area contributed by atoms with Gasteiger partial charge in [0.05, 0.1) is 16.9 Å². The molecule has 0 radical (unpaired) electrons. The molecular weight excluding hydrogens is 574 g/mol. The quantitative estimate of drug-likeness (QED) is 0.195. The van der Waals surface area contributed by atoms with Gasteiger partial charge in [0.2, 0.25) is 5.82 Å². The molecule has 0 fully saturated rings. The number of carbonyl (C=O) groups excluding carboxylic acids is 1. The molecular formula is C25H23Cl2F5N2O2Ti. The molecule has 1 amide bonds. The van der Waals surface area contributed by atoms with E-state index < -0.39 is 51.5 Å². The number of rotatable bonds is 4. The van der Waals surface area contributed by atoms with Gasteiger partial charge >= 0.3 is 21.7 Å². The molecule has 0 aliphatic rings. The molecule has 2 aromatic carbocycles. The summed E-state index contributed by atoms with van der Waals surface area (Å²) in [5, 5.41) is 12.6. The van der Waals surface area contributed by atoms with Crippen molar-refractivity contribution in [2.75, 3.05) is 0 Å². The van der Waals surface area contributed by atoms with Crippen molar-refractivity contribution in [2.45, 2.75) is 45.6 Å². The fraction of sp³-hybridized carbons (Fsp3) is 0.280. The number of carbonyl (C=O) groups is 1. The Hall–Kier alpha value is -2.20. The molecule has 37 heavy (non-hydrogen) atoms. The minimum atomic E-state index is -2.35. The second-order valence-corrected chi connectivity index (χ2v) is 9.38. The summed E-state index contributed by atoms with van der Waals surface area (Å²) >= 11 is 0. The van der Waals surface area contributed by atoms with Crippen LogP contribution in [0.4, 0.5) is 22.0 Å². The number of hydrogen-bond acceptors (Lipinski definition) is 3. The summed E-state index contributed by atoms with van der Waals surface area (Å²) in [5.41, 5.74) is -1.77. The number of benzene rings is 2. The summed E-state index contributed by atoms with van der Waals surface area (Å²) in [6.45, 7) is 8.63. The number of pyridine rings is 1. The summed E-state index contributed by atoms with van der Waals surface area (Å²) in [4.78, 5) is 17.4. The van der Waals surface area contributed by atoms with Crippen molar-refractivity contribution in [1.29, 1.82) is 0 Å². The first-order valence-electron chi connectivity index (χ1n) is 10.3. The van der Waals surface area contributed by atoms with Crippen LogP contribution in [0.3, 0.4) is 0 Å². The van der Waals surface area contributed by atoms with Crippen LogP contribution in [0.1, 0.15) is 56.2 Å². The third-order valence-corrected chi connectivity index (χ3v) is 5.34. The maximum Gasteiger partial charge on any atom is 2.00 e. The van der Waals surface area contributed by atoms with Crippen LogP contribution in [-0.2, 0) is 32.7 Å². The topological polar surface area (TPSA) is 62.2 Å². The van der Waals surface area contributed by atoms with E-state index in [1.165, 1.54) is 19.9 Å². The van der Waals surface area contributed by atoms with E-state index in [2.05, 4.69) is 10.3 Å². The second-order valence-electron chi connectivity index (χ2n) is 9.38. The third kappa shape index (κ3) is 6.82. The molecule has 3 aromatic rings. The number of para-hydroxylation sites is 1. The number of aromatic nitrogens is 1. The normalized spacial score (nSPS) is 11.1. The third-order valence-electron chi connectivity index (χ3n) is 5.34. The minimum absolute atomic E-state index is 0. The molecule has 12 heteroatoms. The Balaban J connectivity index is 0.00000432. The van der Waals surface area contributed by atoms with Crippen LogP contribution in [0.15, 0.2) is 36.4 Å². The molecule has 1 aromatic heterocycles. The van der Waals surface area contributed by atoms with Crippen molar-refractivity contribution in [2.24, 2.45) is 0 Å². The first-order chi connectivity index (χ1) is 15.7. The zero-order valence-corrected chi connectivity index (χ0v) is 23.5. The Morgan fingerprint density at radius 1 is 0.811 bits per heavy atom. The maximum absolute atomic E-state index is 14.2. The minimum Gasteiger partial charge on any atom is -1.00 e. The van der Waals surface area contributed by atoms with Gasteiger partial charge in [-0.15, -0.1) is 0 Å². The molecule has 198 valence electrons. The van der Waals surface area contributed by atoms with E-state index in [-0.39, 0.29) is 58.0 Å². The molecule has 0 aliphatic heterocycles. The standard InChI is InChI=1S/C25H23F5N2O2.2ClH.Ti/c1-24(2,3)13-10-11-14(12-8-6-7-9-15(12)33)31-22(13)25(4,5)32-23(34)16-17(26)19(28)21(30)20(29)18(16)27;;;/h6-11,33H,1-5H3,(H,32,34);2*1H;/q;;;+2/p-2. The Morgan fingerprint density at radius 2 is 1.30 bits per heavy atom. The van der Waals surface area contributed by atoms with Crippen molar-refractivity contribution < 1.29 is 78.4 Å². The van der Waals surface area contributed by atoms with Gasteiger partial charge in [-0.25, -0.2) is 26.9 Å². The van der Waals surface area contributed by atoms with Crippen LogP contribution < -0.4 is 30.1 Å². The van der Waals surface area contributed by atoms with Crippen LogP contribution in [0.25, 0.3) is 11.3 Å². The van der Waals surface area contributed by atoms with Crippen molar-refractivity contribution in [3.8, 4) is 17.0 Å². The Bertz CT molecular complexity index is 1270. The van der Waals surface area contributed by atoms with Gasteiger partial charge in [-0.05, 0) is 43.0 Å². The number of aromatic hydroxyl groups is 1. The van der Waals surface area contributed by atoms with E-state index in [9.17, 15) is 31.9 Å². The van der Waals surface area contributed by atoms with Gasteiger partial charge in [0, 0.05) is 5.56 Å². The zero-order chi connectivity index (χ0) is 25.6. The molecule has 0 unspecified atom stereocenters. The average molecular weight is 597 g/mol. The molecule has 0 saturated heterocycles. The van der Waals surface area contributed by atoms with Crippen LogP contribution >= 0.6 is 0 Å². The zero-order valence-electron chi connectivity index (χ0n) is 20.4. The molecule has 0 atom stereocenters. The first-order valence-corrected chi connectivity index (χ1v) is 10.3. The van der Waals surface area contributed by atoms with Crippen LogP contribution in [0.2, 0.25) is 0 Å². The fourth-order valence-electron chi connectivity index (χ4n) is 3.59. The molecule has 0 spiro atoms. The molecule has 2 N–H and O–H groups in total. The monoisotopic (exact) mass is 596 g/mol. The Morgan fingerprint density at radius 3 is 1.78 bits per heavy atom. The average Bonchev–Trinajstić information content (AvgIpc) is 2.75. The molecule has 0 aliphatic carbocycles. The number of phenols is 1. The number of halogens is 7. The Kier molecular flexibility index (Phi) is 11.8. The summed E-state index contributed by atoms with van der Waals surface area (Å²) in [5.74, 6) is -12.7. The van der Waals surface area contributed by atoms with E-state index in [4.69, 9.17) is 0 Å². The smallest absolute Gasteiger partial charge is 1.00 e. The molecule has 0 bridgehead atoms. The van der Waals surface area contributed by atoms with Gasteiger partial charge in [-0.2, -0.15) is 0 Å². The largest absolute Gasteiger partial charge is 2.00 e. The predicted octanol–water partition coefficient (Wildman–Crippen LogP) is 0.118. The van der Waals surface area contributed by atoms with Crippen molar-refractivity contribution in [3.05, 3.63) is 82.3 Å². The molecule has 3 rings (SSSR count). The molecule has 0 saturated carbocycles. The Labute approximate surface area is 238 Å². The van der Waals surface area contributed by atoms with E-state index in [0.717, 1.165) is 0 Å². The van der Waals surface area contributed by atoms with E-state index in [1.807, 2.05) is 20.8 Å². The van der Waals surface area contributed by atoms with Gasteiger partial charge < -0.3 is 35.2 Å². The van der Waals surface area contributed by atoms with E-state index in [1.54, 1.807) is 30.3 Å². The van der Waals surface area contributed by atoms with Crippen LogP contribution in [0, 0.1) is 29.1 Å². The summed E-state index contributed by atoms with van der Waals surface area (Å²) < 4.78 is 69.1. The van der Waals surface area contributed by atoms with E-state index >= 15 is 0 Å². The second kappa shape index (κ2) is 12.6. The van der Waals surface area contributed by atoms with Crippen LogP contribution in [-0.4, -0.2) is 16.0 Å². The number of amides is 1. The predicted molar refractivity (Wildman–Crippen MR) is 117 cm³/mol. The van der Waals surface area contributed by atoms with Gasteiger partial charge in [0.25, 0.3) is 5.91 Å². The SMILES string of the molecule is CC(C)(C)c1ccc(-c2ccccc2O)nc1C(C)(C)NC(=O)c1c(F)c(F)c(F)c(F)c1F.[Cl-].[Cl-].[Ti+2].